The van der Waals surface area contributed by atoms with Crippen LogP contribution in [0.5, 0.6) is 0 Å². The molecule has 0 spiro atoms. The highest BCUT2D eigenvalue weighted by Gasteiger charge is 2.19. The summed E-state index contributed by atoms with van der Waals surface area (Å²) in [6.07, 6.45) is 0. The second-order valence-electron chi connectivity index (χ2n) is 13.5. The van der Waals surface area contributed by atoms with Gasteiger partial charge in [-0.2, -0.15) is 0 Å². The Morgan fingerprint density at radius 2 is 0.731 bits per heavy atom. The van der Waals surface area contributed by atoms with Crippen molar-refractivity contribution in [2.24, 2.45) is 0 Å². The van der Waals surface area contributed by atoms with Gasteiger partial charge in [0.25, 0.3) is 0 Å². The van der Waals surface area contributed by atoms with Gasteiger partial charge in [0.2, 0.25) is 0 Å². The molecule has 1 nitrogen and oxygen atoms in total. The van der Waals surface area contributed by atoms with E-state index in [1.807, 2.05) is 0 Å². The summed E-state index contributed by atoms with van der Waals surface area (Å²) in [5, 5.41) is 8.42. The van der Waals surface area contributed by atoms with E-state index in [-0.39, 0.29) is 0 Å². The van der Waals surface area contributed by atoms with Crippen LogP contribution in [-0.2, 0) is 0 Å². The number of rotatable bonds is 5. The standard InChI is InChI=1S/C51H33N/c1-3-13-34(14-4-1)38-18-11-20-41(31-38)49-44-23-9-10-24-45(44)50(42-21-12-19-39(32-42)35-15-5-2-6-16-35)47-33-40(27-29-46(47)49)48-30-28-37-26-25-36-17-7-8-22-43(36)51(37)52-48/h1-33H. The molecule has 0 aliphatic rings. The first kappa shape index (κ1) is 30.0. The van der Waals surface area contributed by atoms with Crippen molar-refractivity contribution >= 4 is 43.2 Å². The van der Waals surface area contributed by atoms with E-state index in [1.54, 1.807) is 0 Å². The van der Waals surface area contributed by atoms with Crippen LogP contribution < -0.4 is 0 Å². The van der Waals surface area contributed by atoms with Gasteiger partial charge in [-0.1, -0.05) is 176 Å². The Morgan fingerprint density at radius 3 is 1.38 bits per heavy atom. The fourth-order valence-electron chi connectivity index (χ4n) is 7.95. The molecule has 0 fully saturated rings. The average Bonchev–Trinajstić information content (AvgIpc) is 3.23. The topological polar surface area (TPSA) is 12.9 Å². The van der Waals surface area contributed by atoms with Crippen LogP contribution in [0.1, 0.15) is 0 Å². The largest absolute Gasteiger partial charge is 0.247 e. The van der Waals surface area contributed by atoms with Gasteiger partial charge in [-0.05, 0) is 95.7 Å². The summed E-state index contributed by atoms with van der Waals surface area (Å²) >= 11 is 0. The third-order valence-corrected chi connectivity index (χ3v) is 10.4. The number of benzene rings is 9. The van der Waals surface area contributed by atoms with Crippen molar-refractivity contribution < 1.29 is 0 Å². The van der Waals surface area contributed by atoms with Crippen molar-refractivity contribution in [3.05, 3.63) is 200 Å². The third kappa shape index (κ3) is 5.14. The normalized spacial score (nSPS) is 11.5. The Labute approximate surface area is 303 Å². The molecule has 0 aliphatic heterocycles. The van der Waals surface area contributed by atoms with Crippen molar-refractivity contribution in [2.45, 2.75) is 0 Å². The zero-order valence-electron chi connectivity index (χ0n) is 28.5. The maximum atomic E-state index is 5.32. The van der Waals surface area contributed by atoms with Crippen LogP contribution >= 0.6 is 0 Å². The summed E-state index contributed by atoms with van der Waals surface area (Å²) in [7, 11) is 0. The lowest BCUT2D eigenvalue weighted by Gasteiger charge is -2.19. The monoisotopic (exact) mass is 659 g/mol. The minimum absolute atomic E-state index is 0.968. The summed E-state index contributed by atoms with van der Waals surface area (Å²) in [4.78, 5) is 5.32. The number of hydrogen-bond donors (Lipinski definition) is 0. The van der Waals surface area contributed by atoms with E-state index in [2.05, 4.69) is 200 Å². The molecule has 10 rings (SSSR count). The molecule has 1 heterocycles. The van der Waals surface area contributed by atoms with E-state index < -0.39 is 0 Å². The molecular weight excluding hydrogens is 627 g/mol. The Hall–Kier alpha value is -6.83. The van der Waals surface area contributed by atoms with Crippen LogP contribution in [0.3, 0.4) is 0 Å². The van der Waals surface area contributed by atoms with Crippen LogP contribution in [0.4, 0.5) is 0 Å². The summed E-state index contributed by atoms with van der Waals surface area (Å²) in [5.41, 5.74) is 12.8. The molecule has 0 saturated heterocycles. The van der Waals surface area contributed by atoms with Gasteiger partial charge in [0.1, 0.15) is 0 Å². The zero-order valence-corrected chi connectivity index (χ0v) is 28.5. The van der Waals surface area contributed by atoms with E-state index in [0.717, 1.165) is 22.2 Å². The molecular formula is C51H33N. The lowest BCUT2D eigenvalue weighted by molar-refractivity contribution is 1.42. The molecule has 52 heavy (non-hydrogen) atoms. The SMILES string of the molecule is c1ccc(-c2cccc(-c3c4ccccc4c(-c4cccc(-c5ccccc5)c4)c4cc(-c5ccc6ccc7ccccc7c6n5)ccc34)c2)cc1. The fourth-order valence-corrected chi connectivity index (χ4v) is 7.95. The van der Waals surface area contributed by atoms with Gasteiger partial charge in [-0.25, -0.2) is 4.98 Å². The van der Waals surface area contributed by atoms with Gasteiger partial charge in [-0.15, -0.1) is 0 Å². The number of fused-ring (bicyclic) bond motifs is 5. The van der Waals surface area contributed by atoms with E-state index in [1.165, 1.54) is 76.8 Å². The molecule has 1 heteroatoms. The van der Waals surface area contributed by atoms with E-state index in [4.69, 9.17) is 4.98 Å². The lowest BCUT2D eigenvalue weighted by Crippen LogP contribution is -1.93. The van der Waals surface area contributed by atoms with Crippen LogP contribution in [0, 0.1) is 0 Å². The predicted molar refractivity (Wildman–Crippen MR) is 221 cm³/mol. The van der Waals surface area contributed by atoms with E-state index in [9.17, 15) is 0 Å². The molecule has 1 aromatic heterocycles. The van der Waals surface area contributed by atoms with Gasteiger partial charge in [0.05, 0.1) is 11.2 Å². The van der Waals surface area contributed by atoms with Gasteiger partial charge >= 0.3 is 0 Å². The van der Waals surface area contributed by atoms with Crippen molar-refractivity contribution in [2.75, 3.05) is 0 Å². The lowest BCUT2D eigenvalue weighted by atomic mass is 9.84. The summed E-state index contributed by atoms with van der Waals surface area (Å²) < 4.78 is 0. The molecule has 0 radical (unpaired) electrons. The van der Waals surface area contributed by atoms with Gasteiger partial charge < -0.3 is 0 Å². The molecule has 0 N–H and O–H groups in total. The Balaban J connectivity index is 1.27. The van der Waals surface area contributed by atoms with Crippen LogP contribution in [-0.4, -0.2) is 4.98 Å². The maximum Gasteiger partial charge on any atom is 0.0787 e. The number of hydrogen-bond acceptors (Lipinski definition) is 1. The van der Waals surface area contributed by atoms with Crippen LogP contribution in [0.15, 0.2) is 200 Å². The van der Waals surface area contributed by atoms with Crippen molar-refractivity contribution in [3.63, 3.8) is 0 Å². The zero-order chi connectivity index (χ0) is 34.4. The maximum absolute atomic E-state index is 5.32. The average molecular weight is 660 g/mol. The number of pyridine rings is 1. The molecule has 0 aliphatic carbocycles. The van der Waals surface area contributed by atoms with E-state index >= 15 is 0 Å². The van der Waals surface area contributed by atoms with Crippen LogP contribution in [0.2, 0.25) is 0 Å². The Morgan fingerprint density at radius 1 is 0.250 bits per heavy atom. The van der Waals surface area contributed by atoms with Gasteiger partial charge in [0.15, 0.2) is 0 Å². The van der Waals surface area contributed by atoms with Crippen molar-refractivity contribution in [3.8, 4) is 55.8 Å². The van der Waals surface area contributed by atoms with Gasteiger partial charge in [0, 0.05) is 16.3 Å². The van der Waals surface area contributed by atoms with Crippen molar-refractivity contribution in [1.29, 1.82) is 0 Å². The Kier molecular flexibility index (Phi) is 7.22. The van der Waals surface area contributed by atoms with Crippen molar-refractivity contribution in [1.82, 2.24) is 4.98 Å². The summed E-state index contributed by atoms with van der Waals surface area (Å²) in [6, 6.07) is 72.4. The smallest absolute Gasteiger partial charge is 0.0787 e. The van der Waals surface area contributed by atoms with E-state index in [0.29, 0.717) is 0 Å². The highest BCUT2D eigenvalue weighted by molar-refractivity contribution is 6.22. The first-order valence-electron chi connectivity index (χ1n) is 17.9. The molecule has 0 unspecified atom stereocenters. The second kappa shape index (κ2) is 12.5. The fraction of sp³-hybridized carbons (Fsp3) is 0. The molecule has 242 valence electrons. The molecule has 10 aromatic rings. The Bertz CT molecular complexity index is 2940. The molecule has 0 amide bonds. The molecule has 0 atom stereocenters. The van der Waals surface area contributed by atoms with Gasteiger partial charge in [-0.3, -0.25) is 0 Å². The van der Waals surface area contributed by atoms with Crippen LogP contribution in [0.25, 0.3) is 99.0 Å². The molecule has 0 bridgehead atoms. The predicted octanol–water partition coefficient (Wildman–Crippen LogP) is 14.0. The summed E-state index contributed by atoms with van der Waals surface area (Å²) in [6.45, 7) is 0. The molecule has 9 aromatic carbocycles. The quantitative estimate of drug-likeness (QED) is 0.132. The highest BCUT2D eigenvalue weighted by Crippen LogP contribution is 2.46. The first-order valence-corrected chi connectivity index (χ1v) is 17.9. The number of nitrogens with zero attached hydrogens (tertiary/aromatic N) is 1. The third-order valence-electron chi connectivity index (χ3n) is 10.4. The minimum atomic E-state index is 0.968. The first-order chi connectivity index (χ1) is 25.8. The second-order valence-corrected chi connectivity index (χ2v) is 13.5. The summed E-state index contributed by atoms with van der Waals surface area (Å²) in [5.74, 6) is 0. The molecule has 0 saturated carbocycles. The highest BCUT2D eigenvalue weighted by atomic mass is 14.7. The minimum Gasteiger partial charge on any atom is -0.247 e. The number of aromatic nitrogens is 1.